The Hall–Kier alpha value is -0.760. The standard InChI is InChI=1S/C7H12N2/c1-7(8)9-5-3-2-4-6-9/h2-5,7H,6,8H2,1H3. The average Bonchev–Trinajstić information content (AvgIpc) is 1.90. The Kier molecular flexibility index (Phi) is 1.90. The van der Waals surface area contributed by atoms with Crippen LogP contribution in [0.3, 0.4) is 0 Å². The van der Waals surface area contributed by atoms with Gasteiger partial charge in [-0.1, -0.05) is 12.2 Å². The maximum Gasteiger partial charge on any atom is 0.0740 e. The molecule has 1 aliphatic heterocycles. The predicted molar refractivity (Wildman–Crippen MR) is 38.6 cm³/mol. The molecule has 0 saturated carbocycles. The van der Waals surface area contributed by atoms with E-state index >= 15 is 0 Å². The van der Waals surface area contributed by atoms with Crippen LogP contribution >= 0.6 is 0 Å². The molecule has 0 amide bonds. The zero-order chi connectivity index (χ0) is 6.69. The second-order valence-corrected chi connectivity index (χ2v) is 2.21. The van der Waals surface area contributed by atoms with Crippen LogP contribution in [0.25, 0.3) is 0 Å². The SMILES string of the molecule is CC(N)N1C=CC=CC1. The van der Waals surface area contributed by atoms with Crippen molar-refractivity contribution in [3.8, 4) is 0 Å². The fraction of sp³-hybridized carbons (Fsp3) is 0.429. The summed E-state index contributed by atoms with van der Waals surface area (Å²) in [7, 11) is 0. The lowest BCUT2D eigenvalue weighted by Crippen LogP contribution is -2.36. The Bertz CT molecular complexity index is 136. The molecular formula is C7H12N2. The molecule has 1 heterocycles. The molecule has 0 saturated heterocycles. The van der Waals surface area contributed by atoms with Gasteiger partial charge in [-0.3, -0.25) is 0 Å². The highest BCUT2D eigenvalue weighted by Gasteiger charge is 2.02. The van der Waals surface area contributed by atoms with Crippen LogP contribution in [0, 0.1) is 0 Å². The number of nitrogens with two attached hydrogens (primary N) is 1. The third kappa shape index (κ3) is 1.57. The summed E-state index contributed by atoms with van der Waals surface area (Å²) in [4.78, 5) is 2.07. The van der Waals surface area contributed by atoms with Gasteiger partial charge < -0.3 is 10.6 Å². The van der Waals surface area contributed by atoms with E-state index in [1.54, 1.807) is 0 Å². The monoisotopic (exact) mass is 124 g/mol. The van der Waals surface area contributed by atoms with Gasteiger partial charge in [-0.2, -0.15) is 0 Å². The number of rotatable bonds is 1. The number of allylic oxidation sites excluding steroid dienone is 2. The molecular weight excluding hydrogens is 112 g/mol. The molecule has 0 aliphatic carbocycles. The quantitative estimate of drug-likeness (QED) is 0.557. The molecule has 0 fully saturated rings. The lowest BCUT2D eigenvalue weighted by molar-refractivity contribution is 0.326. The van der Waals surface area contributed by atoms with Crippen molar-refractivity contribution >= 4 is 0 Å². The summed E-state index contributed by atoms with van der Waals surface area (Å²) in [6.45, 7) is 2.91. The van der Waals surface area contributed by atoms with Crippen LogP contribution in [0.5, 0.6) is 0 Å². The first kappa shape index (κ1) is 6.36. The van der Waals surface area contributed by atoms with E-state index in [4.69, 9.17) is 5.73 Å². The Balaban J connectivity index is 2.46. The summed E-state index contributed by atoms with van der Waals surface area (Å²) in [5.41, 5.74) is 5.61. The molecule has 0 aromatic carbocycles. The smallest absolute Gasteiger partial charge is 0.0740 e. The lowest BCUT2D eigenvalue weighted by atomic mass is 10.3. The summed E-state index contributed by atoms with van der Waals surface area (Å²) in [6.07, 6.45) is 8.24. The molecule has 0 radical (unpaired) electrons. The highest BCUT2D eigenvalue weighted by molar-refractivity contribution is 5.08. The molecule has 1 atom stereocenters. The van der Waals surface area contributed by atoms with Crippen molar-refractivity contribution in [2.75, 3.05) is 6.54 Å². The van der Waals surface area contributed by atoms with Crippen molar-refractivity contribution in [1.82, 2.24) is 4.90 Å². The van der Waals surface area contributed by atoms with E-state index in [0.717, 1.165) is 6.54 Å². The van der Waals surface area contributed by atoms with E-state index in [1.165, 1.54) is 0 Å². The van der Waals surface area contributed by atoms with Crippen molar-refractivity contribution in [1.29, 1.82) is 0 Å². The number of hydrogen-bond donors (Lipinski definition) is 1. The first-order valence-electron chi connectivity index (χ1n) is 3.15. The topological polar surface area (TPSA) is 29.3 Å². The molecule has 2 N–H and O–H groups in total. The predicted octanol–water partition coefficient (Wildman–Crippen LogP) is 0.677. The van der Waals surface area contributed by atoms with Crippen LogP contribution in [0.15, 0.2) is 24.4 Å². The van der Waals surface area contributed by atoms with Crippen LogP contribution in [-0.2, 0) is 0 Å². The Labute approximate surface area is 55.6 Å². The summed E-state index contributed by atoms with van der Waals surface area (Å²) in [5.74, 6) is 0. The average molecular weight is 124 g/mol. The van der Waals surface area contributed by atoms with Gasteiger partial charge >= 0.3 is 0 Å². The Morgan fingerprint density at radius 1 is 1.56 bits per heavy atom. The molecule has 2 nitrogen and oxygen atoms in total. The first-order valence-corrected chi connectivity index (χ1v) is 3.15. The first-order chi connectivity index (χ1) is 4.30. The molecule has 1 unspecified atom stereocenters. The third-order valence-corrected chi connectivity index (χ3v) is 1.36. The second kappa shape index (κ2) is 2.69. The fourth-order valence-corrected chi connectivity index (χ4v) is 0.784. The zero-order valence-corrected chi connectivity index (χ0v) is 5.62. The van der Waals surface area contributed by atoms with Gasteiger partial charge in [-0.15, -0.1) is 0 Å². The van der Waals surface area contributed by atoms with E-state index in [9.17, 15) is 0 Å². The van der Waals surface area contributed by atoms with Crippen LogP contribution in [0.1, 0.15) is 6.92 Å². The van der Waals surface area contributed by atoms with E-state index in [2.05, 4.69) is 11.0 Å². The van der Waals surface area contributed by atoms with Gasteiger partial charge in [0.15, 0.2) is 0 Å². The second-order valence-electron chi connectivity index (χ2n) is 2.21. The zero-order valence-electron chi connectivity index (χ0n) is 5.62. The maximum absolute atomic E-state index is 5.61. The van der Waals surface area contributed by atoms with Crippen LogP contribution in [0.4, 0.5) is 0 Å². The molecule has 1 rings (SSSR count). The van der Waals surface area contributed by atoms with Crippen LogP contribution in [0.2, 0.25) is 0 Å². The van der Waals surface area contributed by atoms with Crippen molar-refractivity contribution in [3.05, 3.63) is 24.4 Å². The van der Waals surface area contributed by atoms with Crippen molar-refractivity contribution in [2.45, 2.75) is 13.1 Å². The van der Waals surface area contributed by atoms with Gasteiger partial charge in [0.05, 0.1) is 6.17 Å². The van der Waals surface area contributed by atoms with E-state index in [1.807, 2.05) is 25.3 Å². The van der Waals surface area contributed by atoms with E-state index < -0.39 is 0 Å². The molecule has 0 aromatic rings. The van der Waals surface area contributed by atoms with Crippen molar-refractivity contribution in [2.24, 2.45) is 5.73 Å². The van der Waals surface area contributed by atoms with Crippen LogP contribution < -0.4 is 5.73 Å². The van der Waals surface area contributed by atoms with Gasteiger partial charge in [0, 0.05) is 12.7 Å². The van der Waals surface area contributed by atoms with Crippen LogP contribution in [-0.4, -0.2) is 17.6 Å². The van der Waals surface area contributed by atoms with Gasteiger partial charge in [-0.25, -0.2) is 0 Å². The summed E-state index contributed by atoms with van der Waals surface area (Å²) < 4.78 is 0. The van der Waals surface area contributed by atoms with E-state index in [-0.39, 0.29) is 6.17 Å². The Morgan fingerprint density at radius 2 is 2.33 bits per heavy atom. The summed E-state index contributed by atoms with van der Waals surface area (Å²) in [6, 6.07) is 0. The largest absolute Gasteiger partial charge is 0.359 e. The number of hydrogen-bond acceptors (Lipinski definition) is 2. The number of nitrogens with zero attached hydrogens (tertiary/aromatic N) is 1. The minimum atomic E-state index is 0.131. The van der Waals surface area contributed by atoms with Gasteiger partial charge in [0.25, 0.3) is 0 Å². The highest BCUT2D eigenvalue weighted by Crippen LogP contribution is 1.99. The molecule has 2 heteroatoms. The lowest BCUT2D eigenvalue weighted by Gasteiger charge is -2.24. The molecule has 0 bridgehead atoms. The van der Waals surface area contributed by atoms with Gasteiger partial charge in [0.2, 0.25) is 0 Å². The third-order valence-electron chi connectivity index (χ3n) is 1.36. The molecule has 1 aliphatic rings. The molecule has 0 spiro atoms. The minimum Gasteiger partial charge on any atom is -0.359 e. The Morgan fingerprint density at radius 3 is 2.67 bits per heavy atom. The van der Waals surface area contributed by atoms with Gasteiger partial charge in [-0.05, 0) is 13.0 Å². The maximum atomic E-state index is 5.61. The molecule has 0 aromatic heterocycles. The normalized spacial score (nSPS) is 20.4. The van der Waals surface area contributed by atoms with Crippen molar-refractivity contribution < 1.29 is 0 Å². The highest BCUT2D eigenvalue weighted by atomic mass is 15.2. The van der Waals surface area contributed by atoms with E-state index in [0.29, 0.717) is 0 Å². The fourth-order valence-electron chi connectivity index (χ4n) is 0.784. The van der Waals surface area contributed by atoms with Gasteiger partial charge in [0.1, 0.15) is 0 Å². The molecule has 50 valence electrons. The molecule has 9 heavy (non-hydrogen) atoms. The van der Waals surface area contributed by atoms with Crippen molar-refractivity contribution in [3.63, 3.8) is 0 Å². The minimum absolute atomic E-state index is 0.131. The summed E-state index contributed by atoms with van der Waals surface area (Å²) in [5, 5.41) is 0. The summed E-state index contributed by atoms with van der Waals surface area (Å²) >= 11 is 0.